The van der Waals surface area contributed by atoms with Gasteiger partial charge in [0.1, 0.15) is 0 Å². The van der Waals surface area contributed by atoms with Crippen molar-refractivity contribution in [2.24, 2.45) is 0 Å². The summed E-state index contributed by atoms with van der Waals surface area (Å²) in [5.41, 5.74) is 0. The fourth-order valence-electron chi connectivity index (χ4n) is 0.552. The molecule has 0 bridgehead atoms. The highest BCUT2D eigenvalue weighted by molar-refractivity contribution is 5.60. The van der Waals surface area contributed by atoms with E-state index < -0.39 is 43.6 Å². The third-order valence-corrected chi connectivity index (χ3v) is 1.59. The van der Waals surface area contributed by atoms with Gasteiger partial charge in [0.15, 0.2) is 0 Å². The summed E-state index contributed by atoms with van der Waals surface area (Å²) in [6.45, 7) is 0. The van der Waals surface area contributed by atoms with Gasteiger partial charge in [-0.3, -0.25) is 0 Å². The van der Waals surface area contributed by atoms with Gasteiger partial charge in [-0.15, -0.1) is 0 Å². The first-order valence-corrected chi connectivity index (χ1v) is 4.30. The van der Waals surface area contributed by atoms with Crippen LogP contribution in [0.15, 0.2) is 0 Å². The predicted octanol–water partition coefficient (Wildman–Crippen LogP) is 3.53. The number of rotatable bonds is 6. The third-order valence-electron chi connectivity index (χ3n) is 1.59. The maximum Gasteiger partial charge on any atom is 0.513 e. The molecule has 0 amide bonds. The molecule has 20 heavy (non-hydrogen) atoms. The van der Waals surface area contributed by atoms with Crippen molar-refractivity contribution < 1.29 is 58.2 Å². The van der Waals surface area contributed by atoms with Crippen molar-refractivity contribution in [1.82, 2.24) is 0 Å². The maximum atomic E-state index is 12.4. The van der Waals surface area contributed by atoms with Crippen LogP contribution < -0.4 is 0 Å². The molecule has 13 heteroatoms. The summed E-state index contributed by atoms with van der Waals surface area (Å²) < 4.78 is 125. The predicted molar refractivity (Wildman–Crippen MR) is 39.3 cm³/mol. The molecule has 0 aliphatic heterocycles. The second-order valence-corrected chi connectivity index (χ2v) is 3.07. The molecule has 2 unspecified atom stereocenters. The van der Waals surface area contributed by atoms with Crippen molar-refractivity contribution in [3.63, 3.8) is 0 Å². The second-order valence-electron chi connectivity index (χ2n) is 3.07. The molecule has 120 valence electrons. The van der Waals surface area contributed by atoms with Gasteiger partial charge in [0.2, 0.25) is 0 Å². The molecule has 0 fully saturated rings. The molecule has 0 rings (SSSR count). The van der Waals surface area contributed by atoms with Crippen LogP contribution in [0.3, 0.4) is 0 Å². The molecule has 0 heterocycles. The van der Waals surface area contributed by atoms with Gasteiger partial charge in [-0.1, -0.05) is 0 Å². The lowest BCUT2D eigenvalue weighted by Crippen LogP contribution is -2.43. The number of halogens is 10. The van der Waals surface area contributed by atoms with Gasteiger partial charge in [0.05, 0.1) is 0 Å². The standard InChI is InChI=1S/C7H4F10O3/c8-1(9)6(14,15)3(12)19-5(18)20-4(13)7(16,17)2(10)11/h1-4H. The van der Waals surface area contributed by atoms with Crippen LogP contribution in [0.25, 0.3) is 0 Å². The van der Waals surface area contributed by atoms with Crippen molar-refractivity contribution in [2.45, 2.75) is 37.4 Å². The molecule has 3 nitrogen and oxygen atoms in total. The fourth-order valence-corrected chi connectivity index (χ4v) is 0.552. The molecule has 0 radical (unpaired) electrons. The first kappa shape index (κ1) is 18.6. The number of hydrogen-bond acceptors (Lipinski definition) is 3. The summed E-state index contributed by atoms with van der Waals surface area (Å²) in [6.07, 6.45) is -20.9. The molecule has 0 saturated carbocycles. The van der Waals surface area contributed by atoms with E-state index in [0.29, 0.717) is 0 Å². The van der Waals surface area contributed by atoms with Crippen molar-refractivity contribution >= 4 is 6.16 Å². The summed E-state index contributed by atoms with van der Waals surface area (Å²) in [7, 11) is 0. The molecular weight excluding hydrogens is 322 g/mol. The van der Waals surface area contributed by atoms with Crippen LogP contribution >= 0.6 is 0 Å². The second kappa shape index (κ2) is 6.35. The number of carbonyl (C=O) groups excluding carboxylic acids is 1. The monoisotopic (exact) mass is 326 g/mol. The zero-order chi connectivity index (χ0) is 16.3. The lowest BCUT2D eigenvalue weighted by Gasteiger charge is -2.22. The average molecular weight is 326 g/mol. The van der Waals surface area contributed by atoms with E-state index in [-0.39, 0.29) is 0 Å². The molecule has 0 aliphatic carbocycles. The topological polar surface area (TPSA) is 35.5 Å². The Hall–Kier alpha value is -1.43. The Morgan fingerprint density at radius 3 is 1.15 bits per heavy atom. The Morgan fingerprint density at radius 2 is 0.950 bits per heavy atom. The molecule has 0 saturated heterocycles. The third kappa shape index (κ3) is 4.30. The zero-order valence-corrected chi connectivity index (χ0v) is 8.81. The lowest BCUT2D eigenvalue weighted by molar-refractivity contribution is -0.258. The Morgan fingerprint density at radius 1 is 0.700 bits per heavy atom. The van der Waals surface area contributed by atoms with Gasteiger partial charge >= 0.3 is 43.6 Å². The zero-order valence-electron chi connectivity index (χ0n) is 8.81. The van der Waals surface area contributed by atoms with Crippen LogP contribution in [0.2, 0.25) is 0 Å². The highest BCUT2D eigenvalue weighted by Gasteiger charge is 2.55. The molecule has 0 aliphatic rings. The largest absolute Gasteiger partial charge is 0.513 e. The van der Waals surface area contributed by atoms with E-state index in [1.807, 2.05) is 0 Å². The Labute approximate surface area is 103 Å². The number of ether oxygens (including phenoxy) is 2. The Balaban J connectivity index is 4.59. The van der Waals surface area contributed by atoms with Gasteiger partial charge in [-0.25, -0.2) is 22.4 Å². The summed E-state index contributed by atoms with van der Waals surface area (Å²) in [4.78, 5) is 10.3. The van der Waals surface area contributed by atoms with Crippen LogP contribution in [-0.4, -0.2) is 43.6 Å². The molecule has 0 aromatic carbocycles. The summed E-state index contributed by atoms with van der Waals surface area (Å²) in [6, 6.07) is 0. The number of hydrogen-bond donors (Lipinski definition) is 0. The van der Waals surface area contributed by atoms with Gasteiger partial charge in [0, 0.05) is 0 Å². The maximum absolute atomic E-state index is 12.4. The van der Waals surface area contributed by atoms with Crippen LogP contribution in [0.4, 0.5) is 48.7 Å². The van der Waals surface area contributed by atoms with Crippen LogP contribution in [0.5, 0.6) is 0 Å². The van der Waals surface area contributed by atoms with Crippen molar-refractivity contribution in [1.29, 1.82) is 0 Å². The van der Waals surface area contributed by atoms with Gasteiger partial charge in [-0.2, -0.15) is 26.3 Å². The number of carbonyl (C=O) groups is 1. The molecular formula is C7H4F10O3. The van der Waals surface area contributed by atoms with Crippen molar-refractivity contribution in [3.05, 3.63) is 0 Å². The minimum absolute atomic E-state index is 2.75. The minimum Gasteiger partial charge on any atom is -0.393 e. The van der Waals surface area contributed by atoms with Crippen LogP contribution in [-0.2, 0) is 9.47 Å². The first-order valence-electron chi connectivity index (χ1n) is 4.30. The van der Waals surface area contributed by atoms with Gasteiger partial charge in [0.25, 0.3) is 0 Å². The van der Waals surface area contributed by atoms with E-state index in [1.165, 1.54) is 0 Å². The summed E-state index contributed by atoms with van der Waals surface area (Å²) >= 11 is 0. The normalized spacial score (nSPS) is 16.2. The van der Waals surface area contributed by atoms with E-state index in [1.54, 1.807) is 0 Å². The quantitative estimate of drug-likeness (QED) is 0.553. The van der Waals surface area contributed by atoms with Gasteiger partial charge in [-0.05, 0) is 0 Å². The molecule has 0 aromatic heterocycles. The average Bonchev–Trinajstić information content (AvgIpc) is 2.27. The molecule has 0 N–H and O–H groups in total. The highest BCUT2D eigenvalue weighted by atomic mass is 19.3. The van der Waals surface area contributed by atoms with Crippen LogP contribution in [0, 0.1) is 0 Å². The SMILES string of the molecule is O=C(OC(F)C(F)(F)C(F)F)OC(F)C(F)(F)C(F)F. The van der Waals surface area contributed by atoms with E-state index >= 15 is 0 Å². The van der Waals surface area contributed by atoms with E-state index in [2.05, 4.69) is 9.47 Å². The minimum atomic E-state index is -5.53. The van der Waals surface area contributed by atoms with E-state index in [0.717, 1.165) is 0 Å². The smallest absolute Gasteiger partial charge is 0.393 e. The summed E-state index contributed by atoms with van der Waals surface area (Å²) in [5, 5.41) is 0. The fraction of sp³-hybridized carbons (Fsp3) is 0.857. The van der Waals surface area contributed by atoms with Crippen molar-refractivity contribution in [3.8, 4) is 0 Å². The van der Waals surface area contributed by atoms with Crippen LogP contribution in [0.1, 0.15) is 0 Å². The first-order chi connectivity index (χ1) is 8.83. The summed E-state index contributed by atoms with van der Waals surface area (Å²) in [5.74, 6) is -11.1. The van der Waals surface area contributed by atoms with E-state index in [4.69, 9.17) is 0 Å². The number of alkyl halides is 10. The van der Waals surface area contributed by atoms with Crippen molar-refractivity contribution in [2.75, 3.05) is 0 Å². The van der Waals surface area contributed by atoms with E-state index in [9.17, 15) is 48.7 Å². The molecule has 2 atom stereocenters. The molecule has 0 spiro atoms. The Kier molecular flexibility index (Phi) is 5.89. The lowest BCUT2D eigenvalue weighted by atomic mass is 10.3. The molecule has 0 aromatic rings. The highest BCUT2D eigenvalue weighted by Crippen LogP contribution is 2.32. The van der Waals surface area contributed by atoms with Gasteiger partial charge < -0.3 is 9.47 Å². The Bertz CT molecular complexity index is 303.